The van der Waals surface area contributed by atoms with Gasteiger partial charge in [-0.15, -0.1) is 10.2 Å². The zero-order chi connectivity index (χ0) is 31.2. The summed E-state index contributed by atoms with van der Waals surface area (Å²) in [7, 11) is 0. The lowest BCUT2D eigenvalue weighted by Gasteiger charge is -2.35. The number of nitrogens with one attached hydrogen (secondary N) is 1. The van der Waals surface area contributed by atoms with Crippen LogP contribution in [0.25, 0.3) is 28.1 Å². The summed E-state index contributed by atoms with van der Waals surface area (Å²) < 4.78 is 72.6. The minimum absolute atomic E-state index is 0.115. The van der Waals surface area contributed by atoms with E-state index in [1.54, 1.807) is 41.0 Å². The molecule has 1 aliphatic carbocycles. The van der Waals surface area contributed by atoms with Crippen molar-refractivity contribution in [2.75, 3.05) is 6.56 Å². The number of halogens is 2. The third-order valence-corrected chi connectivity index (χ3v) is 6.68. The van der Waals surface area contributed by atoms with Crippen molar-refractivity contribution in [3.63, 3.8) is 0 Å². The zero-order valence-electron chi connectivity index (χ0n) is 25.3. The van der Waals surface area contributed by atoms with Crippen LogP contribution in [0, 0.1) is 11.6 Å². The van der Waals surface area contributed by atoms with Gasteiger partial charge >= 0.3 is 0 Å². The molecule has 6 rings (SSSR count). The Morgan fingerprint density at radius 1 is 1.10 bits per heavy atom. The summed E-state index contributed by atoms with van der Waals surface area (Å²) in [6.07, 6.45) is 3.21. The summed E-state index contributed by atoms with van der Waals surface area (Å²) in [6.45, 7) is -5.95. The number of carbonyl (C=O) groups is 1. The predicted molar refractivity (Wildman–Crippen MR) is 141 cm³/mol. The molecule has 0 spiro atoms. The van der Waals surface area contributed by atoms with Crippen molar-refractivity contribution in [3.05, 3.63) is 96.1 Å². The highest BCUT2D eigenvalue weighted by Crippen LogP contribution is 2.39. The van der Waals surface area contributed by atoms with Crippen molar-refractivity contribution in [2.45, 2.75) is 31.7 Å². The molecule has 0 radical (unpaired) electrons. The number of para-hydroxylation sites is 2. The molecule has 5 aromatic rings. The number of hydrogen-bond acceptors (Lipinski definition) is 6. The van der Waals surface area contributed by atoms with Crippen LogP contribution in [0.5, 0.6) is 5.75 Å². The fourth-order valence-electron chi connectivity index (χ4n) is 4.76. The van der Waals surface area contributed by atoms with Crippen LogP contribution in [0.4, 0.5) is 8.78 Å². The van der Waals surface area contributed by atoms with Crippen LogP contribution < -0.4 is 10.1 Å². The molecule has 0 atom stereocenters. The fraction of sp³-hybridized carbons (Fsp3) is 0.207. The van der Waals surface area contributed by atoms with Gasteiger partial charge in [-0.05, 0) is 56.1 Å². The molecule has 1 fully saturated rings. The molecule has 1 saturated carbocycles. The smallest absolute Gasteiger partial charge is 0.253 e. The number of rotatable bonds is 7. The lowest BCUT2D eigenvalue weighted by Crippen LogP contribution is -2.44. The molecule has 0 saturated heterocycles. The molecular weight excluding hydrogens is 502 g/mol. The Morgan fingerprint density at radius 2 is 1.97 bits per heavy atom. The number of fused-ring (bicyclic) bond motifs is 1. The predicted octanol–water partition coefficient (Wildman–Crippen LogP) is 5.23. The third-order valence-electron chi connectivity index (χ3n) is 6.68. The van der Waals surface area contributed by atoms with Gasteiger partial charge in [0.25, 0.3) is 5.91 Å². The van der Waals surface area contributed by atoms with Crippen LogP contribution in [0.15, 0.2) is 73.1 Å². The second-order valence-electron chi connectivity index (χ2n) is 9.12. The average Bonchev–Trinajstić information content (AvgIpc) is 3.38. The number of ether oxygens (including phenoxy) is 1. The van der Waals surface area contributed by atoms with Gasteiger partial charge in [0.05, 0.1) is 38.5 Å². The number of carbonyl (C=O) groups excluding carboxylic acids is 1. The van der Waals surface area contributed by atoms with E-state index in [2.05, 4.69) is 25.5 Å². The van der Waals surface area contributed by atoms with E-state index < -0.39 is 25.0 Å². The Kier molecular flexibility index (Phi) is 5.06. The van der Waals surface area contributed by atoms with Gasteiger partial charge < -0.3 is 10.1 Å². The molecule has 0 unspecified atom stereocenters. The normalized spacial score (nSPS) is 19.2. The minimum atomic E-state index is -3.02. The summed E-state index contributed by atoms with van der Waals surface area (Å²) in [6, 6.07) is 15.0. The molecule has 8 nitrogen and oxygen atoms in total. The average molecular weight is 532 g/mol. The number of hydrogen-bond donors (Lipinski definition) is 1. The number of aromatic nitrogens is 5. The molecule has 3 heterocycles. The topological polar surface area (TPSA) is 94.8 Å². The first kappa shape index (κ1) is 19.4. The highest BCUT2D eigenvalue weighted by atomic mass is 19.1. The van der Waals surface area contributed by atoms with Crippen molar-refractivity contribution in [1.29, 1.82) is 0 Å². The molecule has 2 aromatic carbocycles. The van der Waals surface area contributed by atoms with Crippen molar-refractivity contribution in [1.82, 2.24) is 30.0 Å². The Hall–Kier alpha value is -4.73. The molecule has 1 N–H and O–H groups in total. The van der Waals surface area contributed by atoms with Gasteiger partial charge in [0, 0.05) is 21.5 Å². The Labute approximate surface area is 229 Å². The second kappa shape index (κ2) is 10.2. The molecule has 196 valence electrons. The second-order valence-corrected chi connectivity index (χ2v) is 9.12. The van der Waals surface area contributed by atoms with E-state index in [1.165, 1.54) is 24.3 Å². The van der Waals surface area contributed by atoms with Crippen LogP contribution in [0.1, 0.15) is 48.6 Å². The highest BCUT2D eigenvalue weighted by Gasteiger charge is 2.36. The van der Waals surface area contributed by atoms with Gasteiger partial charge in [0.1, 0.15) is 28.9 Å². The maximum absolute atomic E-state index is 15.1. The molecular formula is C29H24F2N6O2. The quantitative estimate of drug-likeness (QED) is 0.309. The standard InChI is InChI=1S/C29H24F2N6O2/c1-2-39-21-10-11-24(32-16-21)28-36-35-27(37(28)25-9-4-3-8-23(25)31)18-13-20(14-18)34-29(38)22-7-5-6-17-12-19(30)15-33-26(17)22/h3-12,15-16,18,20H,2,13-14H2,1H3,(H,34,38)/i1D3,2D2. The van der Waals surface area contributed by atoms with Gasteiger partial charge in [0.2, 0.25) is 0 Å². The highest BCUT2D eigenvalue weighted by molar-refractivity contribution is 6.05. The first-order valence-corrected chi connectivity index (χ1v) is 12.1. The number of benzene rings is 2. The van der Waals surface area contributed by atoms with Gasteiger partial charge in [0.15, 0.2) is 5.82 Å². The molecule has 0 bridgehead atoms. The largest absolute Gasteiger partial charge is 0.492 e. The monoisotopic (exact) mass is 531 g/mol. The minimum Gasteiger partial charge on any atom is -0.492 e. The number of nitrogens with zero attached hydrogens (tertiary/aromatic N) is 5. The lowest BCUT2D eigenvalue weighted by molar-refractivity contribution is 0.0908. The van der Waals surface area contributed by atoms with Crippen LogP contribution in [0.2, 0.25) is 0 Å². The van der Waals surface area contributed by atoms with E-state index >= 15 is 4.39 Å². The molecule has 0 aliphatic heterocycles. The Balaban J connectivity index is 1.24. The van der Waals surface area contributed by atoms with Crippen molar-refractivity contribution < 1.29 is 25.2 Å². The summed E-state index contributed by atoms with van der Waals surface area (Å²) >= 11 is 0. The van der Waals surface area contributed by atoms with E-state index in [1.807, 2.05) is 0 Å². The molecule has 1 aliphatic rings. The summed E-state index contributed by atoms with van der Waals surface area (Å²) in [5.41, 5.74) is 1.17. The van der Waals surface area contributed by atoms with Gasteiger partial charge in [-0.2, -0.15) is 0 Å². The first-order valence-electron chi connectivity index (χ1n) is 14.6. The summed E-state index contributed by atoms with van der Waals surface area (Å²) in [4.78, 5) is 21.4. The molecule has 3 aromatic heterocycles. The molecule has 10 heteroatoms. The van der Waals surface area contributed by atoms with Crippen LogP contribution in [0.3, 0.4) is 0 Å². The summed E-state index contributed by atoms with van der Waals surface area (Å²) in [5, 5.41) is 12.1. The maximum atomic E-state index is 15.1. The van der Waals surface area contributed by atoms with Gasteiger partial charge in [-0.1, -0.05) is 24.3 Å². The van der Waals surface area contributed by atoms with E-state index in [0.29, 0.717) is 35.1 Å². The van der Waals surface area contributed by atoms with E-state index in [4.69, 9.17) is 11.6 Å². The van der Waals surface area contributed by atoms with Crippen LogP contribution in [-0.2, 0) is 0 Å². The van der Waals surface area contributed by atoms with E-state index in [-0.39, 0.29) is 40.8 Å². The van der Waals surface area contributed by atoms with Gasteiger partial charge in [-0.25, -0.2) is 13.8 Å². The van der Waals surface area contributed by atoms with Crippen molar-refractivity contribution in [2.24, 2.45) is 0 Å². The van der Waals surface area contributed by atoms with E-state index in [0.717, 1.165) is 12.4 Å². The van der Waals surface area contributed by atoms with E-state index in [9.17, 15) is 9.18 Å². The fourth-order valence-corrected chi connectivity index (χ4v) is 4.76. The van der Waals surface area contributed by atoms with Crippen molar-refractivity contribution >= 4 is 16.8 Å². The maximum Gasteiger partial charge on any atom is 0.253 e. The van der Waals surface area contributed by atoms with Gasteiger partial charge in [-0.3, -0.25) is 14.3 Å². The SMILES string of the molecule is [2H]C([2H])([2H])C([2H])([2H])Oc1ccc(-c2nnc(C3CC(NC(=O)c4cccc5cc(F)cnc45)C3)n2-c2ccccc2F)nc1. The number of amides is 1. The Morgan fingerprint density at radius 3 is 2.77 bits per heavy atom. The molecule has 39 heavy (non-hydrogen) atoms. The third kappa shape index (κ3) is 4.69. The Bertz CT molecular complexity index is 1860. The summed E-state index contributed by atoms with van der Waals surface area (Å²) in [5.74, 6) is -0.999. The number of pyridine rings is 2. The van der Waals surface area contributed by atoms with Crippen molar-refractivity contribution in [3.8, 4) is 23.0 Å². The lowest BCUT2D eigenvalue weighted by atomic mass is 9.79. The van der Waals surface area contributed by atoms with Crippen LogP contribution in [-0.4, -0.2) is 43.2 Å². The zero-order valence-corrected chi connectivity index (χ0v) is 20.3. The molecule has 1 amide bonds. The first-order chi connectivity index (χ1) is 20.9. The van der Waals surface area contributed by atoms with Crippen LogP contribution >= 0.6 is 0 Å².